The van der Waals surface area contributed by atoms with Crippen molar-refractivity contribution in [2.45, 2.75) is 11.8 Å². The Labute approximate surface area is 244 Å². The average molecular weight is 577 g/mol. The van der Waals surface area contributed by atoms with E-state index in [-0.39, 0.29) is 17.2 Å². The third-order valence-electron chi connectivity index (χ3n) is 7.48. The number of carbonyl (C=O) groups is 1. The summed E-state index contributed by atoms with van der Waals surface area (Å²) >= 11 is 0. The first kappa shape index (κ1) is 27.4. The molecule has 0 atom stereocenters. The molecule has 210 valence electrons. The van der Waals surface area contributed by atoms with Gasteiger partial charge in [0.1, 0.15) is 11.4 Å². The molecule has 4 aromatic carbocycles. The molecule has 0 saturated carbocycles. The number of Topliss-reactive ketones (excluding diaryl/α,β-unsaturated/α-hetero) is 1. The van der Waals surface area contributed by atoms with Crippen LogP contribution in [-0.4, -0.2) is 63.0 Å². The van der Waals surface area contributed by atoms with Gasteiger partial charge in [-0.3, -0.25) is 9.79 Å². The van der Waals surface area contributed by atoms with Gasteiger partial charge in [0.25, 0.3) is 0 Å². The van der Waals surface area contributed by atoms with Crippen LogP contribution in [0.15, 0.2) is 106 Å². The number of carbonyl (C=O) groups excluding carboxylic acids is 1. The van der Waals surface area contributed by atoms with Gasteiger partial charge < -0.3 is 10.2 Å². The van der Waals surface area contributed by atoms with E-state index in [1.807, 2.05) is 44.3 Å². The number of amidine groups is 1. The second-order valence-corrected chi connectivity index (χ2v) is 12.0. The number of likely N-dealkylation sites (N-methyl/N-ethyl adjacent to an activating group) is 1. The van der Waals surface area contributed by atoms with E-state index < -0.39 is 10.0 Å². The molecule has 2 heterocycles. The van der Waals surface area contributed by atoms with E-state index in [1.165, 1.54) is 6.07 Å². The topological polar surface area (TPSA) is 119 Å². The molecule has 0 radical (unpaired) electrons. The van der Waals surface area contributed by atoms with Crippen molar-refractivity contribution in [3.8, 4) is 11.1 Å². The Kier molecular flexibility index (Phi) is 7.08. The predicted octanol–water partition coefficient (Wildman–Crippen LogP) is 3.78. The number of sulfonamides is 1. The molecule has 2 aliphatic rings. The van der Waals surface area contributed by atoms with Crippen LogP contribution < -0.4 is 15.1 Å². The maximum atomic E-state index is 13.6. The number of aliphatic imine (C=N–C) groups is 1. The molecule has 2 aliphatic heterocycles. The van der Waals surface area contributed by atoms with Crippen LogP contribution in [0.1, 0.15) is 18.1 Å². The number of hydrogen-bond acceptors (Lipinski definition) is 6. The number of allylic oxidation sites excluding steroid dienone is 1. The highest BCUT2D eigenvalue weighted by molar-refractivity contribution is 7.89. The summed E-state index contributed by atoms with van der Waals surface area (Å²) in [5.74, 6) is 0.812. The lowest BCUT2D eigenvalue weighted by atomic mass is 9.92. The summed E-state index contributed by atoms with van der Waals surface area (Å²) in [5.41, 5.74) is 5.78. The first-order valence-corrected chi connectivity index (χ1v) is 15.2. The van der Waals surface area contributed by atoms with Crippen LogP contribution in [0, 0.1) is 0 Å². The summed E-state index contributed by atoms with van der Waals surface area (Å²) in [6.45, 7) is 3.53. The van der Waals surface area contributed by atoms with E-state index in [0.717, 1.165) is 52.2 Å². The van der Waals surface area contributed by atoms with Crippen LogP contribution in [0.25, 0.3) is 21.9 Å². The number of fused-ring (bicyclic) bond motifs is 1. The van der Waals surface area contributed by atoms with Crippen molar-refractivity contribution < 1.29 is 13.2 Å². The lowest BCUT2D eigenvalue weighted by Crippen LogP contribution is -2.27. The van der Waals surface area contributed by atoms with Gasteiger partial charge in [-0.2, -0.15) is 0 Å². The Morgan fingerprint density at radius 3 is 2.29 bits per heavy atom. The molecule has 0 saturated heterocycles. The minimum atomic E-state index is -3.87. The molecule has 0 aromatic heterocycles. The summed E-state index contributed by atoms with van der Waals surface area (Å²) in [7, 11) is -1.84. The van der Waals surface area contributed by atoms with Crippen molar-refractivity contribution in [1.29, 1.82) is 0 Å². The maximum absolute atomic E-state index is 13.6. The van der Waals surface area contributed by atoms with E-state index in [9.17, 15) is 13.2 Å². The molecule has 0 bridgehead atoms. The number of anilines is 1. The number of primary sulfonamides is 1. The van der Waals surface area contributed by atoms with Crippen molar-refractivity contribution in [1.82, 2.24) is 9.57 Å². The minimum Gasteiger partial charge on any atom is -0.378 e. The van der Waals surface area contributed by atoms with Gasteiger partial charge in [-0.05, 0) is 46.7 Å². The summed E-state index contributed by atoms with van der Waals surface area (Å²) in [6, 6.07) is 26.2. The van der Waals surface area contributed by atoms with Crippen LogP contribution in [0.3, 0.4) is 0 Å². The Hall–Kier alpha value is -4.82. The van der Waals surface area contributed by atoms with Crippen LogP contribution in [0.5, 0.6) is 0 Å². The molecule has 42 heavy (non-hydrogen) atoms. The molecule has 0 aliphatic carbocycles. The molecule has 0 unspecified atom stereocenters. The number of nitrogens with zero attached hydrogens (tertiary/aromatic N) is 3. The quantitative estimate of drug-likeness (QED) is 0.310. The zero-order valence-corrected chi connectivity index (χ0v) is 24.2. The second-order valence-electron chi connectivity index (χ2n) is 10.4. The number of nitrogens with two attached hydrogens (primary N) is 1. The molecular weight excluding hydrogens is 546 g/mol. The van der Waals surface area contributed by atoms with Crippen molar-refractivity contribution in [3.63, 3.8) is 0 Å². The van der Waals surface area contributed by atoms with Crippen molar-refractivity contribution in [2.24, 2.45) is 10.1 Å². The average Bonchev–Trinajstić information content (AvgIpc) is 3.60. The standard InChI is InChI=1S/C33H30N5O3S/c1-21-17-29(30(39)20-36-25-13-11-22(12-14-25)26-9-5-6-10-31(26)42(34,40)41)32(37-21)27-18-23-7-3-4-8-24(23)19-28(27)33-35-15-16-38(33)2/h3-14,17-19,36H,15-16,20H2,1-2H3,(H2,34,40,41)/q+1. The SMILES string of the molecule is CC1=[N+]=C(c2cc3ccccc3cc2C2=NCCN2C)C(C(=O)CNc2ccc(-c3ccccc3S(N)(=O)=O)cc2)=C1. The van der Waals surface area contributed by atoms with Gasteiger partial charge in [0, 0.05) is 43.4 Å². The highest BCUT2D eigenvalue weighted by Crippen LogP contribution is 2.28. The smallest absolute Gasteiger partial charge is 0.346 e. The van der Waals surface area contributed by atoms with Crippen molar-refractivity contribution in [3.05, 3.63) is 108 Å². The summed E-state index contributed by atoms with van der Waals surface area (Å²) in [4.78, 5) is 20.6. The molecule has 4 aromatic rings. The van der Waals surface area contributed by atoms with Gasteiger partial charge in [0.05, 0.1) is 23.5 Å². The highest BCUT2D eigenvalue weighted by atomic mass is 32.2. The fourth-order valence-corrected chi connectivity index (χ4v) is 6.17. The monoisotopic (exact) mass is 576 g/mol. The fourth-order valence-electron chi connectivity index (χ4n) is 5.41. The van der Waals surface area contributed by atoms with Gasteiger partial charge in [-0.1, -0.05) is 59.3 Å². The third-order valence-corrected chi connectivity index (χ3v) is 8.45. The molecule has 8 nitrogen and oxygen atoms in total. The van der Waals surface area contributed by atoms with Gasteiger partial charge in [-0.25, -0.2) is 13.6 Å². The van der Waals surface area contributed by atoms with Gasteiger partial charge in [0.15, 0.2) is 5.78 Å². The minimum absolute atomic E-state index is 0.0645. The summed E-state index contributed by atoms with van der Waals surface area (Å²) < 4.78 is 28.9. The number of hydrogen-bond donors (Lipinski definition) is 2. The zero-order chi connectivity index (χ0) is 29.4. The number of ketones is 1. The third kappa shape index (κ3) is 5.29. The van der Waals surface area contributed by atoms with Gasteiger partial charge in [-0.15, -0.1) is 0 Å². The first-order chi connectivity index (χ1) is 20.2. The van der Waals surface area contributed by atoms with Crippen LogP contribution in [-0.2, 0) is 14.8 Å². The van der Waals surface area contributed by atoms with E-state index in [1.54, 1.807) is 30.3 Å². The zero-order valence-electron chi connectivity index (χ0n) is 23.3. The normalized spacial score (nSPS) is 14.9. The Morgan fingerprint density at radius 2 is 1.62 bits per heavy atom. The molecule has 0 amide bonds. The summed E-state index contributed by atoms with van der Waals surface area (Å²) in [6.07, 6.45) is 1.84. The van der Waals surface area contributed by atoms with E-state index >= 15 is 0 Å². The second kappa shape index (κ2) is 10.9. The van der Waals surface area contributed by atoms with E-state index in [4.69, 9.17) is 14.8 Å². The van der Waals surface area contributed by atoms with Crippen molar-refractivity contribution >= 4 is 49.5 Å². The Bertz CT molecular complexity index is 1990. The molecule has 3 N–H and O–H groups in total. The van der Waals surface area contributed by atoms with Crippen LogP contribution in [0.4, 0.5) is 5.69 Å². The Morgan fingerprint density at radius 1 is 0.952 bits per heavy atom. The predicted molar refractivity (Wildman–Crippen MR) is 170 cm³/mol. The summed E-state index contributed by atoms with van der Waals surface area (Å²) in [5, 5.41) is 10.8. The number of rotatable bonds is 8. The first-order valence-electron chi connectivity index (χ1n) is 13.6. The molecule has 0 fully saturated rings. The van der Waals surface area contributed by atoms with Crippen molar-refractivity contribution in [2.75, 3.05) is 32.0 Å². The largest absolute Gasteiger partial charge is 0.378 e. The lowest BCUT2D eigenvalue weighted by Gasteiger charge is -2.16. The highest BCUT2D eigenvalue weighted by Gasteiger charge is 2.35. The van der Waals surface area contributed by atoms with Crippen LogP contribution >= 0.6 is 0 Å². The fraction of sp³-hybridized carbons (Fsp3) is 0.152. The van der Waals surface area contributed by atoms with E-state index in [0.29, 0.717) is 22.4 Å². The molecular formula is C33H30N5O3S+. The van der Waals surface area contributed by atoms with Gasteiger partial charge >= 0.3 is 11.4 Å². The number of nitrogens with one attached hydrogen (secondary N) is 1. The maximum Gasteiger partial charge on any atom is 0.346 e. The molecule has 0 spiro atoms. The Balaban J connectivity index is 1.26. The molecule has 9 heteroatoms. The van der Waals surface area contributed by atoms with E-state index in [2.05, 4.69) is 34.5 Å². The number of benzene rings is 4. The lowest BCUT2D eigenvalue weighted by molar-refractivity contribution is -0.113. The van der Waals surface area contributed by atoms with Crippen LogP contribution in [0.2, 0.25) is 0 Å². The van der Waals surface area contributed by atoms with Gasteiger partial charge in [0.2, 0.25) is 10.0 Å². The molecule has 6 rings (SSSR count).